The first-order valence-corrected chi connectivity index (χ1v) is 7.55. The molecule has 1 heterocycles. The smallest absolute Gasteiger partial charge is 0.204 e. The van der Waals surface area contributed by atoms with Gasteiger partial charge in [-0.15, -0.1) is 0 Å². The van der Waals surface area contributed by atoms with Crippen LogP contribution in [0.4, 0.5) is 0 Å². The molecule has 1 aliphatic rings. The Morgan fingerprint density at radius 2 is 1.76 bits per heavy atom. The minimum Gasteiger partial charge on any atom is -0.507 e. The van der Waals surface area contributed by atoms with Crippen LogP contribution in [-0.2, 0) is 0 Å². The van der Waals surface area contributed by atoms with Crippen molar-refractivity contribution in [3.8, 4) is 34.5 Å². The number of benzene rings is 2. The molecule has 1 unspecified atom stereocenters. The normalized spacial score (nSPS) is 16.0. The highest BCUT2D eigenvalue weighted by atomic mass is 16.5. The van der Waals surface area contributed by atoms with Crippen molar-refractivity contribution < 1.29 is 34.0 Å². The van der Waals surface area contributed by atoms with E-state index in [2.05, 4.69) is 0 Å². The molecule has 0 saturated heterocycles. The molecule has 0 saturated carbocycles. The largest absolute Gasteiger partial charge is 0.507 e. The molecule has 1 atom stereocenters. The number of hydrogen-bond acceptors (Lipinski definition) is 7. The molecule has 2 N–H and O–H groups in total. The van der Waals surface area contributed by atoms with Crippen molar-refractivity contribution >= 4 is 5.78 Å². The maximum Gasteiger partial charge on any atom is 0.204 e. The molecule has 7 heteroatoms. The number of hydrogen-bond donors (Lipinski definition) is 2. The SMILES string of the molecule is COc1cc(O)c2c(c1OC)OC(c1c(O)cccc1OC)CC2=O. The molecule has 1 aliphatic heterocycles. The van der Waals surface area contributed by atoms with E-state index in [0.29, 0.717) is 11.3 Å². The van der Waals surface area contributed by atoms with Gasteiger partial charge in [-0.25, -0.2) is 0 Å². The minimum atomic E-state index is -0.795. The van der Waals surface area contributed by atoms with Crippen LogP contribution in [0.25, 0.3) is 0 Å². The van der Waals surface area contributed by atoms with Crippen molar-refractivity contribution in [2.45, 2.75) is 12.5 Å². The lowest BCUT2D eigenvalue weighted by Gasteiger charge is -2.29. The molecule has 132 valence electrons. The van der Waals surface area contributed by atoms with Crippen LogP contribution >= 0.6 is 0 Å². The Bertz CT molecular complexity index is 829. The molecule has 0 spiro atoms. The monoisotopic (exact) mass is 346 g/mol. The van der Waals surface area contributed by atoms with Crippen LogP contribution < -0.4 is 18.9 Å². The lowest BCUT2D eigenvalue weighted by atomic mass is 9.94. The second-order valence-corrected chi connectivity index (χ2v) is 5.46. The van der Waals surface area contributed by atoms with Crippen LogP contribution in [0.1, 0.15) is 28.4 Å². The van der Waals surface area contributed by atoms with E-state index in [1.165, 1.54) is 33.5 Å². The van der Waals surface area contributed by atoms with Crippen molar-refractivity contribution in [3.63, 3.8) is 0 Å². The van der Waals surface area contributed by atoms with Gasteiger partial charge in [-0.1, -0.05) is 6.07 Å². The summed E-state index contributed by atoms with van der Waals surface area (Å²) < 4.78 is 21.7. The van der Waals surface area contributed by atoms with Crippen LogP contribution in [0.15, 0.2) is 24.3 Å². The minimum absolute atomic E-state index is 0.0308. The van der Waals surface area contributed by atoms with Gasteiger partial charge in [0.25, 0.3) is 0 Å². The molecule has 25 heavy (non-hydrogen) atoms. The molecule has 2 aromatic rings. The third kappa shape index (κ3) is 2.67. The van der Waals surface area contributed by atoms with Crippen molar-refractivity contribution in [1.82, 2.24) is 0 Å². The van der Waals surface area contributed by atoms with E-state index in [1.807, 2.05) is 0 Å². The predicted molar refractivity (Wildman–Crippen MR) is 88.2 cm³/mol. The van der Waals surface area contributed by atoms with Crippen LogP contribution in [0.3, 0.4) is 0 Å². The first-order valence-electron chi connectivity index (χ1n) is 7.55. The fraction of sp³-hybridized carbons (Fsp3) is 0.278. The highest BCUT2D eigenvalue weighted by Gasteiger charge is 2.36. The predicted octanol–water partition coefficient (Wildman–Crippen LogP) is 2.83. The quantitative estimate of drug-likeness (QED) is 0.879. The van der Waals surface area contributed by atoms with E-state index in [9.17, 15) is 15.0 Å². The summed E-state index contributed by atoms with van der Waals surface area (Å²) in [7, 11) is 4.29. The fourth-order valence-corrected chi connectivity index (χ4v) is 2.98. The van der Waals surface area contributed by atoms with Crippen LogP contribution in [0.5, 0.6) is 34.5 Å². The lowest BCUT2D eigenvalue weighted by Crippen LogP contribution is -2.22. The number of fused-ring (bicyclic) bond motifs is 1. The third-order valence-corrected chi connectivity index (χ3v) is 4.10. The molecule has 0 radical (unpaired) electrons. The summed E-state index contributed by atoms with van der Waals surface area (Å²) in [5.74, 6) is 0.263. The van der Waals surface area contributed by atoms with Gasteiger partial charge in [0.2, 0.25) is 5.75 Å². The second kappa shape index (κ2) is 6.43. The second-order valence-electron chi connectivity index (χ2n) is 5.46. The maximum atomic E-state index is 12.6. The first kappa shape index (κ1) is 16.8. The Balaban J connectivity index is 2.16. The molecule has 0 amide bonds. The lowest BCUT2D eigenvalue weighted by molar-refractivity contribution is 0.0829. The average molecular weight is 346 g/mol. The third-order valence-electron chi connectivity index (χ3n) is 4.10. The summed E-state index contributed by atoms with van der Waals surface area (Å²) in [6, 6.07) is 6.09. The van der Waals surface area contributed by atoms with Crippen molar-refractivity contribution in [2.24, 2.45) is 0 Å². The summed E-state index contributed by atoms with van der Waals surface area (Å²) >= 11 is 0. The molecule has 0 aliphatic carbocycles. The topological polar surface area (TPSA) is 94.5 Å². The summed E-state index contributed by atoms with van der Waals surface area (Å²) in [6.07, 6.45) is -0.860. The van der Waals surface area contributed by atoms with Gasteiger partial charge in [0.15, 0.2) is 17.3 Å². The number of rotatable bonds is 4. The maximum absolute atomic E-state index is 12.6. The van der Waals surface area contributed by atoms with E-state index in [-0.39, 0.29) is 46.5 Å². The number of phenolic OH excluding ortho intramolecular Hbond substituents is 2. The van der Waals surface area contributed by atoms with E-state index in [0.717, 1.165) is 0 Å². The summed E-state index contributed by atoms with van der Waals surface area (Å²) in [6.45, 7) is 0. The summed E-state index contributed by atoms with van der Waals surface area (Å²) in [5, 5.41) is 20.4. The number of phenols is 2. The van der Waals surface area contributed by atoms with E-state index >= 15 is 0 Å². The Morgan fingerprint density at radius 3 is 2.40 bits per heavy atom. The van der Waals surface area contributed by atoms with Gasteiger partial charge in [-0.3, -0.25) is 4.79 Å². The van der Waals surface area contributed by atoms with Gasteiger partial charge in [-0.05, 0) is 12.1 Å². The number of aromatic hydroxyl groups is 2. The average Bonchev–Trinajstić information content (AvgIpc) is 2.60. The number of carbonyl (C=O) groups is 1. The summed E-state index contributed by atoms with van der Waals surface area (Å²) in [5.41, 5.74) is 0.386. The molecule has 0 bridgehead atoms. The highest BCUT2D eigenvalue weighted by molar-refractivity contribution is 6.04. The Labute approximate surface area is 144 Å². The van der Waals surface area contributed by atoms with Gasteiger partial charge in [0.1, 0.15) is 28.9 Å². The highest BCUT2D eigenvalue weighted by Crippen LogP contribution is 2.51. The standard InChI is InChI=1S/C18H18O7/c1-22-12-6-4-5-9(19)16(12)13-7-10(20)15-11(21)8-14(23-2)17(24-3)18(15)25-13/h4-6,8,13,19,21H,7H2,1-3H3. The zero-order valence-corrected chi connectivity index (χ0v) is 14.0. The zero-order valence-electron chi connectivity index (χ0n) is 14.0. The van der Waals surface area contributed by atoms with Gasteiger partial charge in [-0.2, -0.15) is 0 Å². The fourth-order valence-electron chi connectivity index (χ4n) is 2.98. The number of ketones is 1. The van der Waals surface area contributed by atoms with Crippen molar-refractivity contribution in [2.75, 3.05) is 21.3 Å². The Hall–Kier alpha value is -3.09. The van der Waals surface area contributed by atoms with Crippen LogP contribution in [0.2, 0.25) is 0 Å². The van der Waals surface area contributed by atoms with Gasteiger partial charge < -0.3 is 29.2 Å². The Kier molecular flexibility index (Phi) is 4.31. The van der Waals surface area contributed by atoms with Gasteiger partial charge >= 0.3 is 0 Å². The Morgan fingerprint density at radius 1 is 1.04 bits per heavy atom. The number of Topliss-reactive ketones (excluding diaryl/α,β-unsaturated/α-hetero) is 1. The first-order chi connectivity index (χ1) is 12.0. The number of carbonyl (C=O) groups excluding carboxylic acids is 1. The number of ether oxygens (including phenoxy) is 4. The molecule has 2 aromatic carbocycles. The zero-order chi connectivity index (χ0) is 18.1. The van der Waals surface area contributed by atoms with Gasteiger partial charge in [0.05, 0.1) is 33.3 Å². The molecule has 3 rings (SSSR count). The van der Waals surface area contributed by atoms with E-state index in [1.54, 1.807) is 12.1 Å². The van der Waals surface area contributed by atoms with Crippen molar-refractivity contribution in [3.05, 3.63) is 35.4 Å². The molecule has 7 nitrogen and oxygen atoms in total. The number of methoxy groups -OCH3 is 3. The molecule has 0 fully saturated rings. The molecular weight excluding hydrogens is 328 g/mol. The molecular formula is C18H18O7. The van der Waals surface area contributed by atoms with Gasteiger partial charge in [0, 0.05) is 6.07 Å². The molecule has 0 aromatic heterocycles. The van der Waals surface area contributed by atoms with Crippen molar-refractivity contribution in [1.29, 1.82) is 0 Å². The van der Waals surface area contributed by atoms with E-state index in [4.69, 9.17) is 18.9 Å². The van der Waals surface area contributed by atoms with E-state index < -0.39 is 6.10 Å². The van der Waals surface area contributed by atoms with Crippen LogP contribution in [-0.4, -0.2) is 37.3 Å². The summed E-state index contributed by atoms with van der Waals surface area (Å²) in [4.78, 5) is 12.6. The van der Waals surface area contributed by atoms with Crippen LogP contribution in [0, 0.1) is 0 Å².